The van der Waals surface area contributed by atoms with Crippen molar-refractivity contribution in [3.05, 3.63) is 35.0 Å². The van der Waals surface area contributed by atoms with Crippen LogP contribution in [0.15, 0.2) is 18.3 Å². The fraction of sp³-hybridized carbons (Fsp3) is 0.286. The first-order chi connectivity index (χ1) is 8.54. The number of fused-ring (bicyclic) bond motifs is 1. The van der Waals surface area contributed by atoms with Crippen LogP contribution < -0.4 is 5.73 Å². The van der Waals surface area contributed by atoms with Gasteiger partial charge in [-0.25, -0.2) is 4.79 Å². The number of carbonyl (C=O) groups is 1. The van der Waals surface area contributed by atoms with Crippen molar-refractivity contribution < 1.29 is 9.53 Å². The van der Waals surface area contributed by atoms with Gasteiger partial charge in [0.1, 0.15) is 5.56 Å². The highest BCUT2D eigenvalue weighted by Gasteiger charge is 2.15. The quantitative estimate of drug-likeness (QED) is 0.825. The maximum Gasteiger partial charge on any atom is 0.341 e. The number of aromatic nitrogens is 1. The maximum atomic E-state index is 11.7. The van der Waals surface area contributed by atoms with Gasteiger partial charge in [0, 0.05) is 11.6 Å². The van der Waals surface area contributed by atoms with E-state index >= 15 is 0 Å². The summed E-state index contributed by atoms with van der Waals surface area (Å²) in [5, 5.41) is 0.825. The molecule has 0 radical (unpaired) electrons. The number of aryl methyl sites for hydroxylation is 2. The summed E-state index contributed by atoms with van der Waals surface area (Å²) < 4.78 is 4.96. The Morgan fingerprint density at radius 1 is 1.39 bits per heavy atom. The molecule has 0 amide bonds. The third kappa shape index (κ3) is 2.01. The summed E-state index contributed by atoms with van der Waals surface area (Å²) in [6.07, 6.45) is 1.48. The summed E-state index contributed by atoms with van der Waals surface area (Å²) in [6.45, 7) is 6.05. The summed E-state index contributed by atoms with van der Waals surface area (Å²) in [6, 6.07) is 3.98. The first kappa shape index (κ1) is 12.4. The first-order valence-electron chi connectivity index (χ1n) is 5.87. The van der Waals surface area contributed by atoms with Crippen molar-refractivity contribution in [2.75, 3.05) is 12.3 Å². The van der Waals surface area contributed by atoms with Crippen LogP contribution in [0.2, 0.25) is 0 Å². The fourth-order valence-corrected chi connectivity index (χ4v) is 2.11. The largest absolute Gasteiger partial charge is 0.462 e. The van der Waals surface area contributed by atoms with E-state index in [1.165, 1.54) is 6.20 Å². The van der Waals surface area contributed by atoms with Gasteiger partial charge in [-0.3, -0.25) is 4.98 Å². The predicted octanol–water partition coefficient (Wildman–Crippen LogP) is 2.61. The van der Waals surface area contributed by atoms with Crippen LogP contribution in [0.3, 0.4) is 0 Å². The molecule has 0 aliphatic heterocycles. The lowest BCUT2D eigenvalue weighted by atomic mass is 10.0. The molecule has 94 valence electrons. The van der Waals surface area contributed by atoms with Crippen LogP contribution in [0, 0.1) is 13.8 Å². The van der Waals surface area contributed by atoms with Gasteiger partial charge in [-0.05, 0) is 38.0 Å². The molecule has 2 N–H and O–H groups in total. The molecule has 0 aliphatic carbocycles. The molecule has 0 saturated carbocycles. The molecule has 0 unspecified atom stereocenters. The average molecular weight is 244 g/mol. The fourth-order valence-electron chi connectivity index (χ4n) is 2.11. The number of ether oxygens (including phenoxy) is 1. The number of rotatable bonds is 2. The Kier molecular flexibility index (Phi) is 3.19. The van der Waals surface area contributed by atoms with Crippen molar-refractivity contribution in [1.29, 1.82) is 0 Å². The smallest absolute Gasteiger partial charge is 0.341 e. The number of hydrogen-bond acceptors (Lipinski definition) is 4. The van der Waals surface area contributed by atoms with Gasteiger partial charge < -0.3 is 10.5 Å². The lowest BCUT2D eigenvalue weighted by Gasteiger charge is -2.10. The standard InChI is InChI=1S/C14H16N2O2/c1-4-18-14(17)10-7-16-11-6-8(2)5-9(3)12(11)13(10)15/h5-7H,4H2,1-3H3,(H2,15,16). The third-order valence-electron chi connectivity index (χ3n) is 2.85. The van der Waals surface area contributed by atoms with Gasteiger partial charge in [0.15, 0.2) is 0 Å². The van der Waals surface area contributed by atoms with Crippen molar-refractivity contribution >= 4 is 22.6 Å². The first-order valence-corrected chi connectivity index (χ1v) is 5.87. The molecule has 4 nitrogen and oxygen atoms in total. The van der Waals surface area contributed by atoms with E-state index < -0.39 is 5.97 Å². The van der Waals surface area contributed by atoms with Crippen molar-refractivity contribution in [3.8, 4) is 0 Å². The van der Waals surface area contributed by atoms with Crippen LogP contribution >= 0.6 is 0 Å². The van der Waals surface area contributed by atoms with Crippen molar-refractivity contribution in [2.45, 2.75) is 20.8 Å². The predicted molar refractivity (Wildman–Crippen MR) is 71.6 cm³/mol. The van der Waals surface area contributed by atoms with Gasteiger partial charge in [0.2, 0.25) is 0 Å². The number of nitrogens with zero attached hydrogens (tertiary/aromatic N) is 1. The molecule has 0 bridgehead atoms. The number of hydrogen-bond donors (Lipinski definition) is 1. The number of esters is 1. The summed E-state index contributed by atoms with van der Waals surface area (Å²) in [7, 11) is 0. The minimum Gasteiger partial charge on any atom is -0.462 e. The van der Waals surface area contributed by atoms with Crippen molar-refractivity contribution in [2.24, 2.45) is 0 Å². The Bertz CT molecular complexity index is 621. The minimum atomic E-state index is -0.427. The van der Waals surface area contributed by atoms with Gasteiger partial charge in [0.05, 0.1) is 17.8 Å². The van der Waals surface area contributed by atoms with E-state index in [-0.39, 0.29) is 0 Å². The summed E-state index contributed by atoms with van der Waals surface area (Å²) in [5.74, 6) is -0.427. The second kappa shape index (κ2) is 4.64. The maximum absolute atomic E-state index is 11.7. The highest BCUT2D eigenvalue weighted by Crippen LogP contribution is 2.27. The van der Waals surface area contributed by atoms with E-state index in [1.54, 1.807) is 6.92 Å². The van der Waals surface area contributed by atoms with Gasteiger partial charge >= 0.3 is 5.97 Å². The lowest BCUT2D eigenvalue weighted by Crippen LogP contribution is -2.09. The summed E-state index contributed by atoms with van der Waals surface area (Å²) in [5.41, 5.74) is 9.77. The van der Waals surface area contributed by atoms with Gasteiger partial charge in [-0.1, -0.05) is 6.07 Å². The Labute approximate surface area is 106 Å². The highest BCUT2D eigenvalue weighted by atomic mass is 16.5. The Morgan fingerprint density at radius 2 is 2.11 bits per heavy atom. The topological polar surface area (TPSA) is 65.2 Å². The van der Waals surface area contributed by atoms with E-state index in [0.717, 1.165) is 22.0 Å². The molecule has 0 spiro atoms. The monoisotopic (exact) mass is 244 g/mol. The van der Waals surface area contributed by atoms with Crippen LogP contribution in [0.4, 0.5) is 5.69 Å². The SMILES string of the molecule is CCOC(=O)c1cnc2cc(C)cc(C)c2c1N. The Morgan fingerprint density at radius 3 is 2.78 bits per heavy atom. The van der Waals surface area contributed by atoms with Crippen LogP contribution in [0.25, 0.3) is 10.9 Å². The number of carbonyl (C=O) groups excluding carboxylic acids is 1. The molecule has 2 rings (SSSR count). The van der Waals surface area contributed by atoms with Crippen LogP contribution in [-0.2, 0) is 4.74 Å². The molecule has 0 aliphatic rings. The molecular weight excluding hydrogens is 228 g/mol. The summed E-state index contributed by atoms with van der Waals surface area (Å²) >= 11 is 0. The van der Waals surface area contributed by atoms with Crippen molar-refractivity contribution in [1.82, 2.24) is 4.98 Å². The minimum absolute atomic E-state index is 0.323. The molecule has 2 aromatic rings. The Balaban J connectivity index is 2.67. The number of nitrogen functional groups attached to an aromatic ring is 1. The van der Waals surface area contributed by atoms with E-state index in [4.69, 9.17) is 10.5 Å². The van der Waals surface area contributed by atoms with E-state index in [2.05, 4.69) is 4.98 Å². The van der Waals surface area contributed by atoms with Gasteiger partial charge in [-0.15, -0.1) is 0 Å². The van der Waals surface area contributed by atoms with Crippen molar-refractivity contribution in [3.63, 3.8) is 0 Å². The van der Waals surface area contributed by atoms with E-state index in [1.807, 2.05) is 26.0 Å². The lowest BCUT2D eigenvalue weighted by molar-refractivity contribution is 0.0527. The zero-order chi connectivity index (χ0) is 13.3. The number of pyridine rings is 1. The van der Waals surface area contributed by atoms with Crippen LogP contribution in [0.5, 0.6) is 0 Å². The van der Waals surface area contributed by atoms with E-state index in [0.29, 0.717) is 17.9 Å². The number of nitrogens with two attached hydrogens (primary N) is 1. The second-order valence-electron chi connectivity index (χ2n) is 4.28. The second-order valence-corrected chi connectivity index (χ2v) is 4.28. The molecule has 0 fully saturated rings. The molecule has 18 heavy (non-hydrogen) atoms. The zero-order valence-electron chi connectivity index (χ0n) is 10.8. The molecule has 1 aromatic carbocycles. The van der Waals surface area contributed by atoms with Crippen LogP contribution in [-0.4, -0.2) is 17.6 Å². The summed E-state index contributed by atoms with van der Waals surface area (Å²) in [4.78, 5) is 16.0. The number of benzene rings is 1. The van der Waals surface area contributed by atoms with Gasteiger partial charge in [-0.2, -0.15) is 0 Å². The molecule has 1 aromatic heterocycles. The molecule has 0 atom stereocenters. The zero-order valence-corrected chi connectivity index (χ0v) is 10.8. The average Bonchev–Trinajstić information content (AvgIpc) is 2.28. The van der Waals surface area contributed by atoms with E-state index in [9.17, 15) is 4.79 Å². The molecule has 0 saturated heterocycles. The third-order valence-corrected chi connectivity index (χ3v) is 2.85. The number of anilines is 1. The highest BCUT2D eigenvalue weighted by molar-refractivity contribution is 6.05. The molecule has 1 heterocycles. The molecular formula is C14H16N2O2. The molecule has 4 heteroatoms. The van der Waals surface area contributed by atoms with Crippen LogP contribution in [0.1, 0.15) is 28.4 Å². The Hall–Kier alpha value is -2.10. The normalized spacial score (nSPS) is 10.6. The van der Waals surface area contributed by atoms with Gasteiger partial charge in [0.25, 0.3) is 0 Å².